The quantitative estimate of drug-likeness (QED) is 0.667. The Balaban J connectivity index is 4.28. The molecule has 3 heteroatoms. The lowest BCUT2D eigenvalue weighted by molar-refractivity contribution is 0.118. The third-order valence-electron chi connectivity index (χ3n) is 3.54. The van der Waals surface area contributed by atoms with Crippen molar-refractivity contribution in [1.29, 1.82) is 0 Å². The second-order valence-electron chi connectivity index (χ2n) is 6.73. The van der Waals surface area contributed by atoms with Crippen molar-refractivity contribution < 1.29 is 5.11 Å². The topological polar surface area (TPSA) is 35.5 Å². The highest BCUT2D eigenvalue weighted by molar-refractivity contribution is 4.88. The zero-order valence-corrected chi connectivity index (χ0v) is 13.5. The van der Waals surface area contributed by atoms with E-state index in [1.165, 1.54) is 6.42 Å². The number of hydrogen-bond acceptors (Lipinski definition) is 3. The Morgan fingerprint density at radius 2 is 1.72 bits per heavy atom. The summed E-state index contributed by atoms with van der Waals surface area (Å²) in [5.74, 6) is 0.748. The van der Waals surface area contributed by atoms with E-state index in [9.17, 15) is 5.11 Å². The number of aliphatic hydroxyl groups is 1. The van der Waals surface area contributed by atoms with Crippen molar-refractivity contribution in [3.8, 4) is 0 Å². The van der Waals surface area contributed by atoms with E-state index in [0.717, 1.165) is 18.9 Å². The molecule has 2 atom stereocenters. The van der Waals surface area contributed by atoms with Gasteiger partial charge in [-0.3, -0.25) is 0 Å². The van der Waals surface area contributed by atoms with Gasteiger partial charge in [-0.15, -0.1) is 0 Å². The Morgan fingerprint density at radius 1 is 1.17 bits per heavy atom. The lowest BCUT2D eigenvalue weighted by Gasteiger charge is -2.36. The minimum atomic E-state index is -0.181. The smallest absolute Gasteiger partial charge is 0.0611 e. The Bertz CT molecular complexity index is 219. The molecular weight excluding hydrogens is 224 g/mol. The van der Waals surface area contributed by atoms with Crippen molar-refractivity contribution in [3.05, 3.63) is 0 Å². The molecule has 110 valence electrons. The normalized spacial score (nSPS) is 17.5. The standard InChI is InChI=1S/C15H34N2O/c1-12(2)8-9-17(7)14(5)10-15(6,11-18)16-13(3)4/h12-14,16,18H,8-11H2,1-7H3. The van der Waals surface area contributed by atoms with Crippen LogP contribution < -0.4 is 5.32 Å². The van der Waals surface area contributed by atoms with Crippen LogP contribution in [0, 0.1) is 5.92 Å². The molecule has 0 heterocycles. The van der Waals surface area contributed by atoms with Gasteiger partial charge in [0.25, 0.3) is 0 Å². The van der Waals surface area contributed by atoms with Gasteiger partial charge in [-0.1, -0.05) is 27.7 Å². The average molecular weight is 258 g/mol. The van der Waals surface area contributed by atoms with Gasteiger partial charge in [-0.25, -0.2) is 0 Å². The fourth-order valence-corrected chi connectivity index (χ4v) is 2.36. The molecule has 0 spiro atoms. The molecular formula is C15H34N2O. The van der Waals surface area contributed by atoms with E-state index in [2.05, 4.69) is 58.8 Å². The molecule has 0 radical (unpaired) electrons. The minimum absolute atomic E-state index is 0.181. The first-order valence-corrected chi connectivity index (χ1v) is 7.29. The van der Waals surface area contributed by atoms with Crippen molar-refractivity contribution in [3.63, 3.8) is 0 Å². The molecule has 0 bridgehead atoms. The van der Waals surface area contributed by atoms with Crippen LogP contribution in [0.5, 0.6) is 0 Å². The number of aliphatic hydroxyl groups excluding tert-OH is 1. The van der Waals surface area contributed by atoms with Crippen LogP contribution in [0.2, 0.25) is 0 Å². The molecule has 0 rings (SSSR count). The zero-order valence-electron chi connectivity index (χ0n) is 13.5. The van der Waals surface area contributed by atoms with E-state index in [-0.39, 0.29) is 12.1 Å². The van der Waals surface area contributed by atoms with E-state index in [1.54, 1.807) is 0 Å². The predicted molar refractivity (Wildman–Crippen MR) is 79.9 cm³/mol. The van der Waals surface area contributed by atoms with Crippen LogP contribution >= 0.6 is 0 Å². The van der Waals surface area contributed by atoms with E-state index in [0.29, 0.717) is 12.1 Å². The van der Waals surface area contributed by atoms with Gasteiger partial charge >= 0.3 is 0 Å². The van der Waals surface area contributed by atoms with Gasteiger partial charge in [0.1, 0.15) is 0 Å². The second kappa shape index (κ2) is 8.13. The largest absolute Gasteiger partial charge is 0.394 e. The molecule has 0 aliphatic heterocycles. The molecule has 0 amide bonds. The van der Waals surface area contributed by atoms with Crippen LogP contribution in [-0.2, 0) is 0 Å². The first-order valence-electron chi connectivity index (χ1n) is 7.29. The zero-order chi connectivity index (χ0) is 14.3. The highest BCUT2D eigenvalue weighted by atomic mass is 16.3. The van der Waals surface area contributed by atoms with Crippen molar-refractivity contribution >= 4 is 0 Å². The lowest BCUT2D eigenvalue weighted by Crippen LogP contribution is -2.52. The Kier molecular flexibility index (Phi) is 8.08. The van der Waals surface area contributed by atoms with Gasteiger partial charge in [0.2, 0.25) is 0 Å². The summed E-state index contributed by atoms with van der Waals surface area (Å²) in [5, 5.41) is 13.1. The van der Waals surface area contributed by atoms with Gasteiger partial charge < -0.3 is 15.3 Å². The Labute approximate surface area is 114 Å². The van der Waals surface area contributed by atoms with Gasteiger partial charge in [-0.05, 0) is 46.2 Å². The molecule has 0 aromatic carbocycles. The molecule has 0 fully saturated rings. The maximum atomic E-state index is 9.60. The molecule has 0 saturated carbocycles. The molecule has 0 saturated heterocycles. The summed E-state index contributed by atoms with van der Waals surface area (Å²) in [6.45, 7) is 14.4. The Hall–Kier alpha value is -0.120. The van der Waals surface area contributed by atoms with Gasteiger partial charge in [0, 0.05) is 17.6 Å². The van der Waals surface area contributed by atoms with Crippen molar-refractivity contribution in [1.82, 2.24) is 10.2 Å². The molecule has 3 nitrogen and oxygen atoms in total. The molecule has 2 unspecified atom stereocenters. The van der Waals surface area contributed by atoms with Gasteiger partial charge in [-0.2, -0.15) is 0 Å². The molecule has 0 aromatic heterocycles. The first kappa shape index (κ1) is 17.9. The van der Waals surface area contributed by atoms with Crippen LogP contribution in [0.4, 0.5) is 0 Å². The van der Waals surface area contributed by atoms with Crippen molar-refractivity contribution in [2.24, 2.45) is 5.92 Å². The third-order valence-corrected chi connectivity index (χ3v) is 3.54. The fourth-order valence-electron chi connectivity index (χ4n) is 2.36. The second-order valence-corrected chi connectivity index (χ2v) is 6.73. The van der Waals surface area contributed by atoms with Crippen LogP contribution in [0.3, 0.4) is 0 Å². The molecule has 0 aromatic rings. The number of nitrogens with zero attached hydrogens (tertiary/aromatic N) is 1. The first-order chi connectivity index (χ1) is 8.20. The third kappa shape index (κ3) is 7.34. The summed E-state index contributed by atoms with van der Waals surface area (Å²) in [4.78, 5) is 2.40. The molecule has 18 heavy (non-hydrogen) atoms. The number of rotatable bonds is 9. The molecule has 0 aliphatic carbocycles. The van der Waals surface area contributed by atoms with Crippen LogP contribution in [-0.4, -0.2) is 47.8 Å². The van der Waals surface area contributed by atoms with E-state index in [4.69, 9.17) is 0 Å². The van der Waals surface area contributed by atoms with Crippen molar-refractivity contribution in [2.75, 3.05) is 20.2 Å². The average Bonchev–Trinajstić information content (AvgIpc) is 2.24. The highest BCUT2D eigenvalue weighted by Gasteiger charge is 2.27. The lowest BCUT2D eigenvalue weighted by atomic mass is 9.92. The van der Waals surface area contributed by atoms with Gasteiger partial charge in [0.05, 0.1) is 6.61 Å². The summed E-state index contributed by atoms with van der Waals surface area (Å²) >= 11 is 0. The maximum absolute atomic E-state index is 9.60. The Morgan fingerprint density at radius 3 is 2.11 bits per heavy atom. The SMILES string of the molecule is CC(C)CCN(C)C(C)CC(C)(CO)NC(C)C. The van der Waals surface area contributed by atoms with Gasteiger partial charge in [0.15, 0.2) is 0 Å². The number of hydrogen-bond donors (Lipinski definition) is 2. The van der Waals surface area contributed by atoms with Crippen LogP contribution in [0.1, 0.15) is 54.4 Å². The summed E-state index contributed by atoms with van der Waals surface area (Å²) in [6.07, 6.45) is 2.20. The van der Waals surface area contributed by atoms with Crippen LogP contribution in [0.15, 0.2) is 0 Å². The van der Waals surface area contributed by atoms with E-state index < -0.39 is 0 Å². The summed E-state index contributed by atoms with van der Waals surface area (Å²) in [7, 11) is 2.18. The van der Waals surface area contributed by atoms with E-state index >= 15 is 0 Å². The minimum Gasteiger partial charge on any atom is -0.394 e. The van der Waals surface area contributed by atoms with Crippen LogP contribution in [0.25, 0.3) is 0 Å². The fraction of sp³-hybridized carbons (Fsp3) is 1.00. The van der Waals surface area contributed by atoms with Crippen molar-refractivity contribution in [2.45, 2.75) is 72.0 Å². The summed E-state index contributed by atoms with van der Waals surface area (Å²) in [5.41, 5.74) is -0.181. The molecule has 0 aliphatic rings. The highest BCUT2D eigenvalue weighted by Crippen LogP contribution is 2.17. The maximum Gasteiger partial charge on any atom is 0.0611 e. The van der Waals surface area contributed by atoms with E-state index in [1.807, 2.05) is 0 Å². The number of nitrogens with one attached hydrogen (secondary N) is 1. The summed E-state index contributed by atoms with van der Waals surface area (Å²) < 4.78 is 0. The predicted octanol–water partition coefficient (Wildman–Crippen LogP) is 2.49. The molecule has 2 N–H and O–H groups in total. The summed E-state index contributed by atoms with van der Waals surface area (Å²) in [6, 6.07) is 0.877. The monoisotopic (exact) mass is 258 g/mol.